The molecule has 0 saturated carbocycles. The van der Waals surface area contributed by atoms with Crippen LogP contribution in [0.1, 0.15) is 15.9 Å². The third-order valence-corrected chi connectivity index (χ3v) is 3.41. The van der Waals surface area contributed by atoms with Crippen molar-refractivity contribution in [1.82, 2.24) is 0 Å². The maximum Gasteiger partial charge on any atom is 0.227 e. The lowest BCUT2D eigenvalue weighted by atomic mass is 10.1. The number of hydrogen-bond donors (Lipinski definition) is 0. The van der Waals surface area contributed by atoms with Crippen LogP contribution in [0.5, 0.6) is 0 Å². The van der Waals surface area contributed by atoms with E-state index < -0.39 is 0 Å². The molecule has 0 unspecified atom stereocenters. The van der Waals surface area contributed by atoms with Gasteiger partial charge < -0.3 is 17.0 Å². The Morgan fingerprint density at radius 3 is 2.36 bits per heavy atom. The average molecular weight is 353 g/mol. The average Bonchev–Trinajstić information content (AvgIpc) is 2.55. The highest BCUT2D eigenvalue weighted by Crippen LogP contribution is 2.10. The highest BCUT2D eigenvalue weighted by molar-refractivity contribution is 5.95. The van der Waals surface area contributed by atoms with Crippen LogP contribution in [0.15, 0.2) is 67.0 Å². The minimum Gasteiger partial charge on any atom is -1.00 e. The fourth-order valence-corrected chi connectivity index (χ4v) is 2.26. The molecule has 0 amide bonds. The Bertz CT molecular complexity index is 851. The number of rotatable bonds is 3. The number of nitriles is 1. The van der Waals surface area contributed by atoms with Crippen LogP contribution in [0.2, 0.25) is 0 Å². The number of fused-ring (bicyclic) bond motifs is 1. The molecule has 0 atom stereocenters. The molecular formula is C18H13BrN2O. The summed E-state index contributed by atoms with van der Waals surface area (Å²) in [4.78, 5) is 12.2. The lowest BCUT2D eigenvalue weighted by Crippen LogP contribution is -3.00. The van der Waals surface area contributed by atoms with E-state index in [-0.39, 0.29) is 29.3 Å². The summed E-state index contributed by atoms with van der Waals surface area (Å²) in [5.41, 5.74) is 1.18. The lowest BCUT2D eigenvalue weighted by Gasteiger charge is -2.00. The number of aromatic nitrogens is 1. The van der Waals surface area contributed by atoms with Crippen molar-refractivity contribution in [2.45, 2.75) is 6.54 Å². The van der Waals surface area contributed by atoms with Crippen molar-refractivity contribution in [3.05, 3.63) is 78.1 Å². The summed E-state index contributed by atoms with van der Waals surface area (Å²) in [6, 6.07) is 18.8. The van der Waals surface area contributed by atoms with Gasteiger partial charge in [0.05, 0.1) is 11.6 Å². The molecule has 2 aromatic carbocycles. The van der Waals surface area contributed by atoms with Gasteiger partial charge in [0.25, 0.3) is 0 Å². The van der Waals surface area contributed by atoms with E-state index in [4.69, 9.17) is 5.26 Å². The second kappa shape index (κ2) is 6.97. The summed E-state index contributed by atoms with van der Waals surface area (Å²) in [5.74, 6) is 0.0276. The van der Waals surface area contributed by atoms with Gasteiger partial charge in [-0.25, -0.2) is 0 Å². The zero-order chi connectivity index (χ0) is 14.7. The summed E-state index contributed by atoms with van der Waals surface area (Å²) in [5, 5.41) is 11.0. The monoisotopic (exact) mass is 352 g/mol. The number of halogens is 1. The summed E-state index contributed by atoms with van der Waals surface area (Å²) >= 11 is 0. The highest BCUT2D eigenvalue weighted by Gasteiger charge is 2.12. The van der Waals surface area contributed by atoms with Crippen LogP contribution in [-0.2, 0) is 6.54 Å². The summed E-state index contributed by atoms with van der Waals surface area (Å²) in [7, 11) is 0. The van der Waals surface area contributed by atoms with Crippen LogP contribution in [0.4, 0.5) is 0 Å². The SMILES string of the molecule is N#Cc1ccc(C(=O)C[n+]2ccc3ccccc3c2)cc1.[Br-]. The van der Waals surface area contributed by atoms with E-state index in [9.17, 15) is 4.79 Å². The first-order valence-corrected chi connectivity index (χ1v) is 6.67. The molecule has 0 N–H and O–H groups in total. The third kappa shape index (κ3) is 3.38. The molecule has 0 spiro atoms. The van der Waals surface area contributed by atoms with Gasteiger partial charge in [-0.1, -0.05) is 18.2 Å². The lowest BCUT2D eigenvalue weighted by molar-refractivity contribution is -0.681. The van der Waals surface area contributed by atoms with Crippen molar-refractivity contribution in [2.75, 3.05) is 0 Å². The number of Topliss-reactive ketones (excluding diaryl/α,β-unsaturated/α-hetero) is 1. The molecule has 0 aliphatic heterocycles. The van der Waals surface area contributed by atoms with Crippen LogP contribution in [0, 0.1) is 11.3 Å². The predicted molar refractivity (Wildman–Crippen MR) is 79.6 cm³/mol. The highest BCUT2D eigenvalue weighted by atomic mass is 79.9. The van der Waals surface area contributed by atoms with Gasteiger partial charge in [0.15, 0.2) is 12.4 Å². The quantitative estimate of drug-likeness (QED) is 0.487. The van der Waals surface area contributed by atoms with E-state index in [0.29, 0.717) is 11.1 Å². The van der Waals surface area contributed by atoms with Gasteiger partial charge >= 0.3 is 0 Å². The van der Waals surface area contributed by atoms with E-state index in [1.807, 2.05) is 53.4 Å². The van der Waals surface area contributed by atoms with Crippen molar-refractivity contribution in [3.63, 3.8) is 0 Å². The smallest absolute Gasteiger partial charge is 0.227 e. The van der Waals surface area contributed by atoms with Crippen LogP contribution in [0.25, 0.3) is 10.8 Å². The first-order chi connectivity index (χ1) is 10.3. The molecule has 0 bridgehead atoms. The van der Waals surface area contributed by atoms with E-state index in [1.165, 1.54) is 0 Å². The van der Waals surface area contributed by atoms with E-state index in [1.54, 1.807) is 24.3 Å². The Morgan fingerprint density at radius 2 is 1.68 bits per heavy atom. The molecule has 0 saturated heterocycles. The van der Waals surface area contributed by atoms with Crippen molar-refractivity contribution in [1.29, 1.82) is 5.26 Å². The first-order valence-electron chi connectivity index (χ1n) is 6.67. The van der Waals surface area contributed by atoms with Crippen LogP contribution in [-0.4, -0.2) is 5.78 Å². The largest absolute Gasteiger partial charge is 1.00 e. The maximum absolute atomic E-state index is 12.2. The number of nitrogens with zero attached hydrogens (tertiary/aromatic N) is 2. The molecule has 3 aromatic rings. The molecule has 22 heavy (non-hydrogen) atoms. The molecule has 1 aromatic heterocycles. The number of carbonyl (C=O) groups excluding carboxylic acids is 1. The first kappa shape index (κ1) is 15.9. The Morgan fingerprint density at radius 1 is 1.00 bits per heavy atom. The summed E-state index contributed by atoms with van der Waals surface area (Å²) in [6.07, 6.45) is 3.88. The predicted octanol–water partition coefficient (Wildman–Crippen LogP) is -0.114. The fourth-order valence-electron chi connectivity index (χ4n) is 2.26. The Kier molecular flexibility index (Phi) is 5.03. The summed E-state index contributed by atoms with van der Waals surface area (Å²) < 4.78 is 1.88. The topological polar surface area (TPSA) is 44.7 Å². The number of hydrogen-bond acceptors (Lipinski definition) is 2. The molecule has 0 radical (unpaired) electrons. The van der Waals surface area contributed by atoms with Gasteiger partial charge in [0, 0.05) is 17.0 Å². The molecule has 3 rings (SSSR count). The number of carbonyl (C=O) groups is 1. The standard InChI is InChI=1S/C18H13N2O.BrH/c19-11-14-5-7-16(8-6-14)18(21)13-20-10-9-15-3-1-2-4-17(15)12-20;/h1-10,12H,13H2;1H/q+1;/p-1. The van der Waals surface area contributed by atoms with Gasteiger partial charge in [0.1, 0.15) is 0 Å². The van der Waals surface area contributed by atoms with E-state index in [2.05, 4.69) is 0 Å². The second-order valence-electron chi connectivity index (χ2n) is 4.86. The Labute approximate surface area is 139 Å². The molecule has 0 aliphatic carbocycles. The van der Waals surface area contributed by atoms with Crippen molar-refractivity contribution >= 4 is 16.6 Å². The molecule has 4 heteroatoms. The Balaban J connectivity index is 0.00000176. The van der Waals surface area contributed by atoms with Gasteiger partial charge in [-0.15, -0.1) is 0 Å². The minimum absolute atomic E-state index is 0. The second-order valence-corrected chi connectivity index (χ2v) is 4.86. The molecule has 108 valence electrons. The van der Waals surface area contributed by atoms with E-state index >= 15 is 0 Å². The molecule has 1 heterocycles. The maximum atomic E-state index is 12.2. The van der Waals surface area contributed by atoms with Gasteiger partial charge in [-0.2, -0.15) is 9.83 Å². The minimum atomic E-state index is 0. The van der Waals surface area contributed by atoms with Crippen LogP contribution in [0.3, 0.4) is 0 Å². The zero-order valence-electron chi connectivity index (χ0n) is 11.7. The van der Waals surface area contributed by atoms with Crippen molar-refractivity contribution < 1.29 is 26.3 Å². The molecule has 3 nitrogen and oxygen atoms in total. The Hall–Kier alpha value is -2.51. The van der Waals surface area contributed by atoms with E-state index in [0.717, 1.165) is 10.8 Å². The molecular weight excluding hydrogens is 340 g/mol. The van der Waals surface area contributed by atoms with Crippen LogP contribution < -0.4 is 21.5 Å². The van der Waals surface area contributed by atoms with Gasteiger partial charge in [0.2, 0.25) is 12.3 Å². The van der Waals surface area contributed by atoms with Crippen molar-refractivity contribution in [3.8, 4) is 6.07 Å². The van der Waals surface area contributed by atoms with Gasteiger partial charge in [-0.05, 0) is 35.7 Å². The molecule has 0 fully saturated rings. The number of ketones is 1. The van der Waals surface area contributed by atoms with Crippen LogP contribution >= 0.6 is 0 Å². The fraction of sp³-hybridized carbons (Fsp3) is 0.0556. The van der Waals surface area contributed by atoms with Crippen molar-refractivity contribution in [2.24, 2.45) is 0 Å². The van der Waals surface area contributed by atoms with Gasteiger partial charge in [-0.3, -0.25) is 4.79 Å². The third-order valence-electron chi connectivity index (χ3n) is 3.41. The summed E-state index contributed by atoms with van der Waals surface area (Å²) in [6.45, 7) is 0.288. The number of benzene rings is 2. The number of pyridine rings is 1. The zero-order valence-corrected chi connectivity index (χ0v) is 13.3. The molecule has 0 aliphatic rings. The normalized spacial score (nSPS) is 9.77.